The van der Waals surface area contributed by atoms with Crippen LogP contribution in [0.1, 0.15) is 32.8 Å². The summed E-state index contributed by atoms with van der Waals surface area (Å²) in [6.07, 6.45) is 0. The fourth-order valence-corrected chi connectivity index (χ4v) is 5.32. The summed E-state index contributed by atoms with van der Waals surface area (Å²) in [5.41, 5.74) is 8.70. The zero-order valence-corrected chi connectivity index (χ0v) is 23.7. The zero-order valence-electron chi connectivity index (χ0n) is 22.9. The van der Waals surface area contributed by atoms with E-state index in [1.807, 2.05) is 122 Å². The van der Waals surface area contributed by atoms with E-state index in [1.54, 1.807) is 9.36 Å². The number of hydrogen-bond donors (Lipinski definition) is 1. The summed E-state index contributed by atoms with van der Waals surface area (Å²) in [5, 5.41) is 14.1. The second-order valence-corrected chi connectivity index (χ2v) is 10.6. The lowest BCUT2D eigenvalue weighted by molar-refractivity contribution is 0.0944. The van der Waals surface area contributed by atoms with E-state index in [4.69, 9.17) is 5.10 Å². The maximum Gasteiger partial charge on any atom is 0.290 e. The number of rotatable bonds is 7. The maximum atomic E-state index is 14.1. The Hall–Kier alpha value is -5.41. The van der Waals surface area contributed by atoms with Crippen LogP contribution in [0.5, 0.6) is 0 Å². The minimum Gasteiger partial charge on any atom is -0.292 e. The predicted octanol–water partition coefficient (Wildman–Crippen LogP) is 6.21. The molecule has 1 amide bonds. The Morgan fingerprint density at radius 1 is 0.714 bits per heavy atom. The number of aromatic nitrogens is 4. The number of aryl methyl sites for hydroxylation is 1. The Bertz CT molecular complexity index is 1940. The SMILES string of the molecule is CC(=O)c1nn(-c2ccccc2)/c(=N/NC(=O)c2c(-c3ccc(C)cc3)c(-c3ccccc3)nn2-c2ccccc2)s1. The number of amides is 1. The average molecular weight is 571 g/mol. The molecule has 4 aromatic carbocycles. The Morgan fingerprint density at radius 3 is 1.88 bits per heavy atom. The molecule has 0 saturated carbocycles. The smallest absolute Gasteiger partial charge is 0.290 e. The van der Waals surface area contributed by atoms with Gasteiger partial charge in [0.25, 0.3) is 5.91 Å². The molecule has 2 heterocycles. The molecule has 0 bridgehead atoms. The van der Waals surface area contributed by atoms with Gasteiger partial charge in [-0.15, -0.1) is 5.10 Å². The molecule has 0 radical (unpaired) electrons. The van der Waals surface area contributed by atoms with Crippen LogP contribution in [0.3, 0.4) is 0 Å². The van der Waals surface area contributed by atoms with Crippen molar-refractivity contribution in [2.45, 2.75) is 13.8 Å². The fourth-order valence-electron chi connectivity index (χ4n) is 4.56. The van der Waals surface area contributed by atoms with Gasteiger partial charge >= 0.3 is 0 Å². The third-order valence-corrected chi connectivity index (χ3v) is 7.61. The van der Waals surface area contributed by atoms with Gasteiger partial charge in [0, 0.05) is 18.1 Å². The number of Topliss-reactive ketones (excluding diaryl/α,β-unsaturated/α-hetero) is 1. The molecule has 2 aromatic heterocycles. The summed E-state index contributed by atoms with van der Waals surface area (Å²) < 4.78 is 3.20. The molecular formula is C33H26N6O2S. The molecule has 0 atom stereocenters. The molecule has 0 aliphatic heterocycles. The van der Waals surface area contributed by atoms with Gasteiger partial charge in [-0.05, 0) is 36.8 Å². The van der Waals surface area contributed by atoms with E-state index in [2.05, 4.69) is 15.6 Å². The Labute approximate surface area is 246 Å². The summed E-state index contributed by atoms with van der Waals surface area (Å²) >= 11 is 1.10. The summed E-state index contributed by atoms with van der Waals surface area (Å²) in [6, 6.07) is 36.7. The monoisotopic (exact) mass is 570 g/mol. The zero-order chi connectivity index (χ0) is 29.1. The van der Waals surface area contributed by atoms with Crippen LogP contribution in [0.2, 0.25) is 0 Å². The van der Waals surface area contributed by atoms with Crippen LogP contribution in [0, 0.1) is 6.92 Å². The molecule has 8 nitrogen and oxygen atoms in total. The summed E-state index contributed by atoms with van der Waals surface area (Å²) in [5.74, 6) is -0.643. The Balaban J connectivity index is 1.54. The quantitative estimate of drug-likeness (QED) is 0.182. The Kier molecular flexibility index (Phi) is 7.40. The minimum atomic E-state index is -0.457. The van der Waals surface area contributed by atoms with E-state index in [0.717, 1.165) is 39.4 Å². The van der Waals surface area contributed by atoms with Gasteiger partial charge in [-0.3, -0.25) is 9.59 Å². The van der Waals surface area contributed by atoms with Crippen LogP contribution in [0.25, 0.3) is 33.8 Å². The molecule has 9 heteroatoms. The lowest BCUT2D eigenvalue weighted by Crippen LogP contribution is -2.26. The number of hydrogen-bond acceptors (Lipinski definition) is 6. The van der Waals surface area contributed by atoms with Gasteiger partial charge in [-0.25, -0.2) is 14.8 Å². The van der Waals surface area contributed by atoms with Crippen LogP contribution >= 0.6 is 11.3 Å². The maximum absolute atomic E-state index is 14.1. The molecule has 0 unspecified atom stereocenters. The van der Waals surface area contributed by atoms with Gasteiger partial charge < -0.3 is 0 Å². The van der Waals surface area contributed by atoms with Crippen LogP contribution in [0.15, 0.2) is 120 Å². The van der Waals surface area contributed by atoms with Gasteiger partial charge in [-0.2, -0.15) is 10.2 Å². The number of benzene rings is 4. The molecule has 206 valence electrons. The van der Waals surface area contributed by atoms with Gasteiger partial charge in [0.1, 0.15) is 11.4 Å². The van der Waals surface area contributed by atoms with Crippen molar-refractivity contribution in [1.29, 1.82) is 0 Å². The molecule has 6 aromatic rings. The number of nitrogens with one attached hydrogen (secondary N) is 1. The third kappa shape index (κ3) is 5.33. The van der Waals surface area contributed by atoms with Gasteiger partial charge in [-0.1, -0.05) is 108 Å². The van der Waals surface area contributed by atoms with Crippen LogP contribution < -0.4 is 10.2 Å². The van der Waals surface area contributed by atoms with Crippen molar-refractivity contribution < 1.29 is 9.59 Å². The highest BCUT2D eigenvalue weighted by atomic mass is 32.1. The van der Waals surface area contributed by atoms with Gasteiger partial charge in [0.15, 0.2) is 10.8 Å². The normalized spacial score (nSPS) is 11.4. The van der Waals surface area contributed by atoms with Crippen LogP contribution in [-0.4, -0.2) is 31.3 Å². The highest BCUT2D eigenvalue weighted by Gasteiger charge is 2.26. The third-order valence-electron chi connectivity index (χ3n) is 6.60. The number of ketones is 1. The number of nitrogens with zero attached hydrogens (tertiary/aromatic N) is 5. The average Bonchev–Trinajstić information content (AvgIpc) is 3.65. The standard InChI is InChI=1S/C33H26N6O2S/c1-22-18-20-24(21-19-22)28-29(25-12-6-3-7-13-25)36-38(26-14-8-4-9-15-26)30(28)31(41)34-35-33-39(27-16-10-5-11-17-27)37-32(42-33)23(2)40/h3-21H,1-2H3,(H,34,41)/b35-33-. The van der Waals surface area contributed by atoms with E-state index in [-0.39, 0.29) is 10.8 Å². The van der Waals surface area contributed by atoms with E-state index in [0.29, 0.717) is 21.8 Å². The van der Waals surface area contributed by atoms with E-state index in [1.165, 1.54) is 6.92 Å². The fraction of sp³-hybridized carbons (Fsp3) is 0.0606. The molecule has 6 rings (SSSR count). The molecule has 0 fully saturated rings. The molecule has 0 spiro atoms. The van der Waals surface area contributed by atoms with Gasteiger partial charge in [0.05, 0.1) is 11.4 Å². The highest BCUT2D eigenvalue weighted by Crippen LogP contribution is 2.36. The predicted molar refractivity (Wildman–Crippen MR) is 164 cm³/mol. The first kappa shape index (κ1) is 26.8. The van der Waals surface area contributed by atoms with Crippen molar-refractivity contribution in [2.24, 2.45) is 5.10 Å². The van der Waals surface area contributed by atoms with E-state index in [9.17, 15) is 9.59 Å². The number of para-hydroxylation sites is 2. The second kappa shape index (κ2) is 11.6. The summed E-state index contributed by atoms with van der Waals surface area (Å²) in [4.78, 5) is 26.7. The summed E-state index contributed by atoms with van der Waals surface area (Å²) in [7, 11) is 0. The van der Waals surface area contributed by atoms with Crippen LogP contribution in [-0.2, 0) is 0 Å². The largest absolute Gasteiger partial charge is 0.292 e. The topological polar surface area (TPSA) is 94.2 Å². The van der Waals surface area contributed by atoms with Crippen molar-refractivity contribution >= 4 is 23.0 Å². The minimum absolute atomic E-state index is 0.186. The van der Waals surface area contributed by atoms with E-state index >= 15 is 0 Å². The molecule has 0 aliphatic rings. The van der Waals surface area contributed by atoms with Gasteiger partial charge in [0.2, 0.25) is 4.80 Å². The molecule has 0 saturated heterocycles. The molecular weight excluding hydrogens is 544 g/mol. The lowest BCUT2D eigenvalue weighted by Gasteiger charge is -2.09. The van der Waals surface area contributed by atoms with Crippen molar-refractivity contribution in [3.8, 4) is 33.8 Å². The highest BCUT2D eigenvalue weighted by molar-refractivity contribution is 7.10. The van der Waals surface area contributed by atoms with Crippen molar-refractivity contribution in [3.63, 3.8) is 0 Å². The van der Waals surface area contributed by atoms with Crippen LogP contribution in [0.4, 0.5) is 0 Å². The first-order valence-electron chi connectivity index (χ1n) is 13.3. The summed E-state index contributed by atoms with van der Waals surface area (Å²) in [6.45, 7) is 3.47. The number of carbonyl (C=O) groups excluding carboxylic acids is 2. The van der Waals surface area contributed by atoms with Crippen molar-refractivity contribution in [1.82, 2.24) is 25.0 Å². The van der Waals surface area contributed by atoms with Crippen molar-refractivity contribution in [3.05, 3.63) is 136 Å². The second-order valence-electron chi connectivity index (χ2n) is 9.60. The molecule has 1 N–H and O–H groups in total. The first-order valence-corrected chi connectivity index (χ1v) is 14.1. The number of carbonyl (C=O) groups is 2. The van der Waals surface area contributed by atoms with E-state index < -0.39 is 5.91 Å². The van der Waals surface area contributed by atoms with Crippen molar-refractivity contribution in [2.75, 3.05) is 0 Å². The molecule has 42 heavy (non-hydrogen) atoms. The first-order chi connectivity index (χ1) is 20.5. The molecule has 0 aliphatic carbocycles. The lowest BCUT2D eigenvalue weighted by atomic mass is 9.97. The Morgan fingerprint density at radius 2 is 1.29 bits per heavy atom.